The van der Waals surface area contributed by atoms with Gasteiger partial charge in [-0.3, -0.25) is 0 Å². The van der Waals surface area contributed by atoms with Crippen LogP contribution in [0, 0.1) is 0 Å². The monoisotopic (exact) mass is 164 g/mol. The van der Waals surface area contributed by atoms with Crippen LogP contribution < -0.4 is 0 Å². The van der Waals surface area contributed by atoms with E-state index >= 15 is 0 Å². The Morgan fingerprint density at radius 2 is 1.67 bits per heavy atom. The summed E-state index contributed by atoms with van der Waals surface area (Å²) in [7, 11) is 0. The lowest BCUT2D eigenvalue weighted by Gasteiger charge is -1.89. The van der Waals surface area contributed by atoms with Crippen LogP contribution in [0.3, 0.4) is 0 Å². The van der Waals surface area contributed by atoms with Gasteiger partial charge in [0.1, 0.15) is 0 Å². The molecule has 12 heavy (non-hydrogen) atoms. The van der Waals surface area contributed by atoms with Gasteiger partial charge in [0.05, 0.1) is 0 Å². The third kappa shape index (κ3) is 9.22. The SMILES string of the molecule is CC=C/C=C/C=C/CCCCC. The number of hydrogen-bond donors (Lipinski definition) is 0. The molecule has 0 bridgehead atoms. The van der Waals surface area contributed by atoms with E-state index in [9.17, 15) is 0 Å². The summed E-state index contributed by atoms with van der Waals surface area (Å²) in [5.41, 5.74) is 0. The Morgan fingerprint density at radius 1 is 0.917 bits per heavy atom. The minimum atomic E-state index is 1.22. The molecule has 0 fully saturated rings. The first-order valence-corrected chi connectivity index (χ1v) is 4.86. The summed E-state index contributed by atoms with van der Waals surface area (Å²) in [4.78, 5) is 0. The Morgan fingerprint density at radius 3 is 2.33 bits per heavy atom. The molecule has 68 valence electrons. The quantitative estimate of drug-likeness (QED) is 0.406. The highest BCUT2D eigenvalue weighted by atomic mass is 13.9. The van der Waals surface area contributed by atoms with Crippen molar-refractivity contribution in [2.45, 2.75) is 39.5 Å². The van der Waals surface area contributed by atoms with E-state index in [4.69, 9.17) is 0 Å². The fourth-order valence-corrected chi connectivity index (χ4v) is 0.926. The molecule has 0 heterocycles. The van der Waals surface area contributed by atoms with Crippen molar-refractivity contribution in [3.63, 3.8) is 0 Å². The molecule has 0 aromatic heterocycles. The maximum Gasteiger partial charge on any atom is -0.0348 e. The molecule has 0 aromatic carbocycles. The second-order valence-electron chi connectivity index (χ2n) is 2.83. The van der Waals surface area contributed by atoms with Gasteiger partial charge in [-0.25, -0.2) is 0 Å². The van der Waals surface area contributed by atoms with Crippen molar-refractivity contribution in [2.24, 2.45) is 0 Å². The summed E-state index contributed by atoms with van der Waals surface area (Å²) in [6, 6.07) is 0. The van der Waals surface area contributed by atoms with Crippen molar-refractivity contribution in [3.05, 3.63) is 36.5 Å². The molecular formula is C12H20. The van der Waals surface area contributed by atoms with E-state index < -0.39 is 0 Å². The highest BCUT2D eigenvalue weighted by Crippen LogP contribution is 1.99. The van der Waals surface area contributed by atoms with Gasteiger partial charge in [0.25, 0.3) is 0 Å². The van der Waals surface area contributed by atoms with Crippen LogP contribution in [0.4, 0.5) is 0 Å². The molecule has 0 saturated heterocycles. The zero-order valence-corrected chi connectivity index (χ0v) is 8.29. The van der Waals surface area contributed by atoms with E-state index in [0.717, 1.165) is 0 Å². The number of unbranched alkanes of at least 4 members (excludes halogenated alkanes) is 3. The maximum absolute atomic E-state index is 2.23. The molecule has 0 aliphatic heterocycles. The second kappa shape index (κ2) is 10.2. The summed E-state index contributed by atoms with van der Waals surface area (Å²) in [6.45, 7) is 4.25. The summed E-state index contributed by atoms with van der Waals surface area (Å²) in [5.74, 6) is 0. The Hall–Kier alpha value is -0.780. The first kappa shape index (κ1) is 11.2. The molecule has 0 aliphatic carbocycles. The van der Waals surface area contributed by atoms with Gasteiger partial charge in [-0.2, -0.15) is 0 Å². The Bertz CT molecular complexity index is 149. The minimum absolute atomic E-state index is 1.22. The predicted molar refractivity (Wildman–Crippen MR) is 57.2 cm³/mol. The molecule has 0 aromatic rings. The Balaban J connectivity index is 3.24. The molecule has 0 amide bonds. The topological polar surface area (TPSA) is 0 Å². The summed E-state index contributed by atoms with van der Waals surface area (Å²) in [5, 5.41) is 0. The van der Waals surface area contributed by atoms with Crippen molar-refractivity contribution >= 4 is 0 Å². The smallest absolute Gasteiger partial charge is 0.0348 e. The van der Waals surface area contributed by atoms with Gasteiger partial charge >= 0.3 is 0 Å². The molecule has 0 N–H and O–H groups in total. The normalized spacial score (nSPS) is 12.5. The first-order chi connectivity index (χ1) is 5.91. The van der Waals surface area contributed by atoms with Crippen LogP contribution in [0.25, 0.3) is 0 Å². The van der Waals surface area contributed by atoms with E-state index in [-0.39, 0.29) is 0 Å². The van der Waals surface area contributed by atoms with E-state index in [2.05, 4.69) is 31.2 Å². The predicted octanol–water partition coefficient (Wildman–Crippen LogP) is 4.26. The molecule has 0 atom stereocenters. The Kier molecular flexibility index (Phi) is 9.56. The average molecular weight is 164 g/mol. The molecule has 0 radical (unpaired) electrons. The highest BCUT2D eigenvalue weighted by Gasteiger charge is 1.79. The van der Waals surface area contributed by atoms with Gasteiger partial charge < -0.3 is 0 Å². The molecule has 0 rings (SSSR count). The molecule has 0 unspecified atom stereocenters. The summed E-state index contributed by atoms with van der Waals surface area (Å²) in [6.07, 6.45) is 17.7. The molecule has 0 aliphatic rings. The van der Waals surface area contributed by atoms with Crippen LogP contribution >= 0.6 is 0 Å². The van der Waals surface area contributed by atoms with Gasteiger partial charge in [0, 0.05) is 0 Å². The van der Waals surface area contributed by atoms with Crippen LogP contribution in [-0.4, -0.2) is 0 Å². The van der Waals surface area contributed by atoms with Crippen LogP contribution in [0.2, 0.25) is 0 Å². The van der Waals surface area contributed by atoms with Gasteiger partial charge in [0.2, 0.25) is 0 Å². The van der Waals surface area contributed by atoms with Crippen molar-refractivity contribution in [1.29, 1.82) is 0 Å². The van der Waals surface area contributed by atoms with Crippen molar-refractivity contribution in [2.75, 3.05) is 0 Å². The van der Waals surface area contributed by atoms with Crippen LogP contribution in [0.15, 0.2) is 36.5 Å². The lowest BCUT2D eigenvalue weighted by Crippen LogP contribution is -1.69. The third-order valence-electron chi connectivity index (χ3n) is 1.64. The minimum Gasteiger partial charge on any atom is -0.0877 e. The van der Waals surface area contributed by atoms with E-state index in [1.165, 1.54) is 25.7 Å². The number of allylic oxidation sites excluding steroid dienone is 6. The highest BCUT2D eigenvalue weighted by molar-refractivity contribution is 5.10. The third-order valence-corrected chi connectivity index (χ3v) is 1.64. The molecular weight excluding hydrogens is 144 g/mol. The van der Waals surface area contributed by atoms with Crippen LogP contribution in [0.1, 0.15) is 39.5 Å². The molecule has 0 spiro atoms. The largest absolute Gasteiger partial charge is 0.0877 e. The molecule has 0 nitrogen and oxygen atoms in total. The molecule has 0 saturated carbocycles. The van der Waals surface area contributed by atoms with Crippen molar-refractivity contribution in [1.82, 2.24) is 0 Å². The second-order valence-corrected chi connectivity index (χ2v) is 2.83. The Labute approximate surface area is 76.7 Å². The maximum atomic E-state index is 2.23. The van der Waals surface area contributed by atoms with Gasteiger partial charge in [0.15, 0.2) is 0 Å². The lowest BCUT2D eigenvalue weighted by molar-refractivity contribution is 0.729. The van der Waals surface area contributed by atoms with Gasteiger partial charge in [-0.05, 0) is 19.8 Å². The number of hydrogen-bond acceptors (Lipinski definition) is 0. The van der Waals surface area contributed by atoms with Gasteiger partial charge in [-0.15, -0.1) is 0 Å². The van der Waals surface area contributed by atoms with Gasteiger partial charge in [-0.1, -0.05) is 56.2 Å². The first-order valence-electron chi connectivity index (χ1n) is 4.86. The van der Waals surface area contributed by atoms with Crippen LogP contribution in [0.5, 0.6) is 0 Å². The summed E-state index contributed by atoms with van der Waals surface area (Å²) >= 11 is 0. The average Bonchev–Trinajstić information content (AvgIpc) is 2.10. The van der Waals surface area contributed by atoms with E-state index in [0.29, 0.717) is 0 Å². The standard InChI is InChI=1S/C12H20/c1-3-5-7-9-11-12-10-8-6-4-2/h3,5,7,9,11-12H,4,6,8,10H2,1-2H3/b5-3?,9-7+,12-11+. The fraction of sp³-hybridized carbons (Fsp3) is 0.500. The fourth-order valence-electron chi connectivity index (χ4n) is 0.926. The summed E-state index contributed by atoms with van der Waals surface area (Å²) < 4.78 is 0. The van der Waals surface area contributed by atoms with E-state index in [1.807, 2.05) is 19.1 Å². The van der Waals surface area contributed by atoms with Crippen molar-refractivity contribution in [3.8, 4) is 0 Å². The van der Waals surface area contributed by atoms with E-state index in [1.54, 1.807) is 0 Å². The lowest BCUT2D eigenvalue weighted by atomic mass is 10.2. The van der Waals surface area contributed by atoms with Crippen molar-refractivity contribution < 1.29 is 0 Å². The van der Waals surface area contributed by atoms with Crippen LogP contribution in [-0.2, 0) is 0 Å². The molecule has 0 heteroatoms. The zero-order chi connectivity index (χ0) is 9.07. The zero-order valence-electron chi connectivity index (χ0n) is 8.29. The number of rotatable bonds is 6.